The minimum absolute atomic E-state index is 0.0123. The minimum atomic E-state index is -1.03. The van der Waals surface area contributed by atoms with E-state index in [-0.39, 0.29) is 6.54 Å². The highest BCUT2D eigenvalue weighted by Crippen LogP contribution is 2.20. The summed E-state index contributed by atoms with van der Waals surface area (Å²) in [6, 6.07) is 3.33. The SMILES string of the molecule is NCC(O)C(O)c1ccc(I)o1. The second kappa shape index (κ2) is 4.22. The quantitative estimate of drug-likeness (QED) is 0.694. The standard InChI is InChI=1S/C7H10INO3/c8-6-2-1-5(12-6)7(11)4(10)3-9/h1-2,4,7,10-11H,3,9H2. The molecule has 68 valence electrons. The molecule has 0 aromatic carbocycles. The summed E-state index contributed by atoms with van der Waals surface area (Å²) in [4.78, 5) is 0. The van der Waals surface area contributed by atoms with Crippen molar-refractivity contribution in [3.05, 3.63) is 21.7 Å². The first kappa shape index (κ1) is 9.97. The van der Waals surface area contributed by atoms with Crippen molar-refractivity contribution in [3.8, 4) is 0 Å². The molecule has 0 amide bonds. The molecule has 0 aliphatic heterocycles. The van der Waals surface area contributed by atoms with Crippen molar-refractivity contribution in [1.82, 2.24) is 0 Å². The maximum Gasteiger partial charge on any atom is 0.164 e. The molecule has 0 spiro atoms. The van der Waals surface area contributed by atoms with E-state index < -0.39 is 12.2 Å². The van der Waals surface area contributed by atoms with Crippen LogP contribution >= 0.6 is 22.6 Å². The van der Waals surface area contributed by atoms with Crippen LogP contribution in [-0.2, 0) is 0 Å². The molecule has 1 rings (SSSR count). The summed E-state index contributed by atoms with van der Waals surface area (Å²) in [5.41, 5.74) is 5.16. The largest absolute Gasteiger partial charge is 0.453 e. The second-order valence-corrected chi connectivity index (χ2v) is 3.45. The number of furan rings is 1. The Bertz CT molecular complexity index is 251. The van der Waals surface area contributed by atoms with Crippen molar-refractivity contribution < 1.29 is 14.6 Å². The van der Waals surface area contributed by atoms with Crippen molar-refractivity contribution >= 4 is 22.6 Å². The van der Waals surface area contributed by atoms with E-state index >= 15 is 0 Å². The van der Waals surface area contributed by atoms with Crippen LogP contribution in [-0.4, -0.2) is 22.9 Å². The number of halogens is 1. The third-order valence-electron chi connectivity index (χ3n) is 1.49. The van der Waals surface area contributed by atoms with Crippen LogP contribution < -0.4 is 5.73 Å². The number of aliphatic hydroxyl groups is 2. The molecule has 2 atom stereocenters. The van der Waals surface area contributed by atoms with Gasteiger partial charge in [0, 0.05) is 6.54 Å². The summed E-state index contributed by atoms with van der Waals surface area (Å²) >= 11 is 1.98. The van der Waals surface area contributed by atoms with E-state index in [2.05, 4.69) is 0 Å². The molecule has 1 aromatic rings. The van der Waals surface area contributed by atoms with Crippen LogP contribution in [0.15, 0.2) is 16.5 Å². The summed E-state index contributed by atoms with van der Waals surface area (Å²) in [5, 5.41) is 18.5. The van der Waals surface area contributed by atoms with E-state index in [1.165, 1.54) is 0 Å². The normalized spacial score (nSPS) is 16.0. The van der Waals surface area contributed by atoms with E-state index in [1.54, 1.807) is 12.1 Å². The van der Waals surface area contributed by atoms with Gasteiger partial charge >= 0.3 is 0 Å². The van der Waals surface area contributed by atoms with Gasteiger partial charge in [-0.1, -0.05) is 0 Å². The molecular formula is C7H10INO3. The van der Waals surface area contributed by atoms with Crippen molar-refractivity contribution in [2.24, 2.45) is 5.73 Å². The van der Waals surface area contributed by atoms with Gasteiger partial charge in [-0.2, -0.15) is 0 Å². The van der Waals surface area contributed by atoms with Gasteiger partial charge in [-0.25, -0.2) is 0 Å². The fourth-order valence-electron chi connectivity index (χ4n) is 0.806. The van der Waals surface area contributed by atoms with Crippen LogP contribution in [0.5, 0.6) is 0 Å². The highest BCUT2D eigenvalue weighted by atomic mass is 127. The molecule has 4 nitrogen and oxygen atoms in total. The fourth-order valence-corrected chi connectivity index (χ4v) is 1.24. The molecule has 0 bridgehead atoms. The summed E-state index contributed by atoms with van der Waals surface area (Å²) in [7, 11) is 0. The van der Waals surface area contributed by atoms with E-state index in [4.69, 9.17) is 15.3 Å². The lowest BCUT2D eigenvalue weighted by Crippen LogP contribution is -2.26. The highest BCUT2D eigenvalue weighted by molar-refractivity contribution is 14.1. The van der Waals surface area contributed by atoms with Crippen molar-refractivity contribution in [2.45, 2.75) is 12.2 Å². The van der Waals surface area contributed by atoms with Crippen molar-refractivity contribution in [1.29, 1.82) is 0 Å². The first-order valence-corrected chi connectivity index (χ1v) is 4.54. The molecule has 0 saturated heterocycles. The topological polar surface area (TPSA) is 79.6 Å². The molecule has 0 radical (unpaired) electrons. The molecule has 2 unspecified atom stereocenters. The molecule has 0 aliphatic rings. The van der Waals surface area contributed by atoms with Crippen LogP contribution in [0.4, 0.5) is 0 Å². The Hall–Kier alpha value is -0.110. The Morgan fingerprint density at radius 1 is 1.50 bits per heavy atom. The molecule has 0 fully saturated rings. The smallest absolute Gasteiger partial charge is 0.164 e. The van der Waals surface area contributed by atoms with Gasteiger partial charge in [-0.3, -0.25) is 0 Å². The molecular weight excluding hydrogens is 273 g/mol. The van der Waals surface area contributed by atoms with E-state index in [1.807, 2.05) is 22.6 Å². The van der Waals surface area contributed by atoms with E-state index in [9.17, 15) is 5.11 Å². The molecule has 1 aromatic heterocycles. The number of rotatable bonds is 3. The highest BCUT2D eigenvalue weighted by Gasteiger charge is 2.19. The predicted molar refractivity (Wildman–Crippen MR) is 51.4 cm³/mol. The molecule has 12 heavy (non-hydrogen) atoms. The second-order valence-electron chi connectivity index (χ2n) is 2.39. The number of nitrogens with two attached hydrogens (primary N) is 1. The number of aliphatic hydroxyl groups excluding tert-OH is 2. The van der Waals surface area contributed by atoms with Gasteiger partial charge in [0.2, 0.25) is 0 Å². The Kier molecular flexibility index (Phi) is 3.51. The molecule has 4 N–H and O–H groups in total. The van der Waals surface area contributed by atoms with Crippen LogP contribution in [0.25, 0.3) is 0 Å². The zero-order valence-corrected chi connectivity index (χ0v) is 8.43. The maximum absolute atomic E-state index is 9.38. The zero-order chi connectivity index (χ0) is 9.14. The van der Waals surface area contributed by atoms with Crippen molar-refractivity contribution in [2.75, 3.05) is 6.54 Å². The lowest BCUT2D eigenvalue weighted by Gasteiger charge is -2.12. The molecule has 0 saturated carbocycles. The molecule has 1 heterocycles. The average molecular weight is 283 g/mol. The summed E-state index contributed by atoms with van der Waals surface area (Å²) in [5.74, 6) is 0.345. The van der Waals surface area contributed by atoms with Gasteiger partial charge in [0.05, 0.1) is 6.10 Å². The third kappa shape index (κ3) is 2.19. The summed E-state index contributed by atoms with van der Waals surface area (Å²) < 4.78 is 5.76. The Morgan fingerprint density at radius 2 is 2.17 bits per heavy atom. The van der Waals surface area contributed by atoms with Gasteiger partial charge in [0.25, 0.3) is 0 Å². The molecule has 0 aliphatic carbocycles. The monoisotopic (exact) mass is 283 g/mol. The lowest BCUT2D eigenvalue weighted by atomic mass is 10.1. The summed E-state index contributed by atoms with van der Waals surface area (Å²) in [6.45, 7) is 0.0123. The predicted octanol–water partition coefficient (Wildman–Crippen LogP) is 0.237. The van der Waals surface area contributed by atoms with Crippen LogP contribution in [0.1, 0.15) is 11.9 Å². The fraction of sp³-hybridized carbons (Fsp3) is 0.429. The lowest BCUT2D eigenvalue weighted by molar-refractivity contribution is 0.0106. The zero-order valence-electron chi connectivity index (χ0n) is 6.27. The first-order chi connectivity index (χ1) is 5.65. The summed E-state index contributed by atoms with van der Waals surface area (Å²) in [6.07, 6.45) is -1.99. The third-order valence-corrected chi connectivity index (χ3v) is 2.07. The van der Waals surface area contributed by atoms with E-state index in [0.717, 1.165) is 0 Å². The Balaban J connectivity index is 2.70. The van der Waals surface area contributed by atoms with Crippen molar-refractivity contribution in [3.63, 3.8) is 0 Å². The number of hydrogen-bond acceptors (Lipinski definition) is 4. The van der Waals surface area contributed by atoms with Crippen LogP contribution in [0.2, 0.25) is 0 Å². The Labute approximate surface area is 83.5 Å². The van der Waals surface area contributed by atoms with Crippen LogP contribution in [0, 0.1) is 3.77 Å². The average Bonchev–Trinajstić information content (AvgIpc) is 2.49. The van der Waals surface area contributed by atoms with Gasteiger partial charge in [0.1, 0.15) is 11.9 Å². The first-order valence-electron chi connectivity index (χ1n) is 3.46. The van der Waals surface area contributed by atoms with Gasteiger partial charge in [-0.05, 0) is 34.7 Å². The van der Waals surface area contributed by atoms with Crippen LogP contribution in [0.3, 0.4) is 0 Å². The van der Waals surface area contributed by atoms with Gasteiger partial charge < -0.3 is 20.4 Å². The van der Waals surface area contributed by atoms with Gasteiger partial charge in [-0.15, -0.1) is 0 Å². The maximum atomic E-state index is 9.38. The van der Waals surface area contributed by atoms with E-state index in [0.29, 0.717) is 9.53 Å². The van der Waals surface area contributed by atoms with Gasteiger partial charge in [0.15, 0.2) is 3.77 Å². The number of hydrogen-bond donors (Lipinski definition) is 3. The Morgan fingerprint density at radius 3 is 2.58 bits per heavy atom. The molecule has 5 heteroatoms. The minimum Gasteiger partial charge on any atom is -0.453 e.